The summed E-state index contributed by atoms with van der Waals surface area (Å²) in [4.78, 5) is 24.0. The van der Waals surface area contributed by atoms with Gasteiger partial charge in [0.25, 0.3) is 0 Å². The van der Waals surface area contributed by atoms with Crippen LogP contribution in [-0.4, -0.2) is 54.1 Å². The van der Waals surface area contributed by atoms with E-state index < -0.39 is 6.10 Å². The molecule has 136 valence electrons. The minimum Gasteiger partial charge on any atom is -0.391 e. The Balaban J connectivity index is 4.61. The molecule has 6 nitrogen and oxygen atoms in total. The normalized spacial score (nSPS) is 16.7. The van der Waals surface area contributed by atoms with E-state index in [1.165, 1.54) is 0 Å². The Morgan fingerprint density at radius 2 is 1.74 bits per heavy atom. The lowest BCUT2D eigenvalue weighted by Crippen LogP contribution is -2.49. The molecule has 0 heterocycles. The predicted octanol–water partition coefficient (Wildman–Crippen LogP) is 1.34. The zero-order valence-electron chi connectivity index (χ0n) is 15.6. The topological polar surface area (TPSA) is 81.7 Å². The molecule has 23 heavy (non-hydrogen) atoms. The maximum Gasteiger partial charge on any atom is 0.237 e. The first-order valence-electron chi connectivity index (χ1n) is 8.73. The third kappa shape index (κ3) is 7.90. The van der Waals surface area contributed by atoms with Gasteiger partial charge < -0.3 is 10.4 Å². The minimum absolute atomic E-state index is 0.0329. The molecule has 0 radical (unpaired) electrons. The lowest BCUT2D eigenvalue weighted by atomic mass is 9.91. The van der Waals surface area contributed by atoms with Crippen LogP contribution in [0.15, 0.2) is 0 Å². The number of ketones is 1. The van der Waals surface area contributed by atoms with E-state index in [-0.39, 0.29) is 29.6 Å². The van der Waals surface area contributed by atoms with Crippen molar-refractivity contribution in [2.45, 2.75) is 66.0 Å². The van der Waals surface area contributed by atoms with E-state index in [0.29, 0.717) is 19.5 Å². The zero-order chi connectivity index (χ0) is 18.0. The van der Waals surface area contributed by atoms with Crippen LogP contribution in [0.25, 0.3) is 0 Å². The molecule has 0 aliphatic carbocycles. The molecule has 6 heteroatoms. The van der Waals surface area contributed by atoms with Gasteiger partial charge in [-0.2, -0.15) is 0 Å². The average molecular weight is 329 g/mol. The van der Waals surface area contributed by atoms with Crippen LogP contribution in [0.3, 0.4) is 0 Å². The number of nitrogens with one attached hydrogen (secondary N) is 2. The SMILES string of the molecule is CCC(C)C(=O)NN(CC)CC(O)C(CC)CC(=O)C(C)NC. The largest absolute Gasteiger partial charge is 0.391 e. The standard InChI is InChI=1S/C17H35N3O3/c1-7-12(4)17(23)19-20(9-3)11-16(22)14(8-2)10-15(21)13(5)18-6/h12-14,16,18,22H,7-11H2,1-6H3,(H,19,23). The molecule has 0 aromatic heterocycles. The molecule has 0 saturated carbocycles. The number of amides is 1. The van der Waals surface area contributed by atoms with E-state index in [9.17, 15) is 14.7 Å². The molecule has 4 atom stereocenters. The summed E-state index contributed by atoms with van der Waals surface area (Å²) in [6, 6.07) is -0.205. The van der Waals surface area contributed by atoms with Gasteiger partial charge in [-0.1, -0.05) is 34.1 Å². The quantitative estimate of drug-likeness (QED) is 0.471. The number of aliphatic hydroxyl groups excluding tert-OH is 1. The van der Waals surface area contributed by atoms with Crippen molar-refractivity contribution in [2.75, 3.05) is 20.1 Å². The van der Waals surface area contributed by atoms with Gasteiger partial charge in [0.15, 0.2) is 0 Å². The smallest absolute Gasteiger partial charge is 0.237 e. The van der Waals surface area contributed by atoms with Crippen molar-refractivity contribution < 1.29 is 14.7 Å². The van der Waals surface area contributed by atoms with Crippen LogP contribution in [0.5, 0.6) is 0 Å². The fraction of sp³-hybridized carbons (Fsp3) is 0.882. The van der Waals surface area contributed by atoms with Gasteiger partial charge in [0, 0.05) is 25.4 Å². The fourth-order valence-electron chi connectivity index (χ4n) is 2.23. The lowest BCUT2D eigenvalue weighted by Gasteiger charge is -2.29. The maximum atomic E-state index is 12.1. The second-order valence-corrected chi connectivity index (χ2v) is 6.24. The van der Waals surface area contributed by atoms with Crippen LogP contribution in [0.2, 0.25) is 0 Å². The zero-order valence-corrected chi connectivity index (χ0v) is 15.6. The van der Waals surface area contributed by atoms with Gasteiger partial charge in [0.05, 0.1) is 12.1 Å². The van der Waals surface area contributed by atoms with E-state index >= 15 is 0 Å². The first-order valence-corrected chi connectivity index (χ1v) is 8.73. The van der Waals surface area contributed by atoms with Crippen molar-refractivity contribution in [3.8, 4) is 0 Å². The highest BCUT2D eigenvalue weighted by molar-refractivity contribution is 5.83. The number of hydrazine groups is 1. The van der Waals surface area contributed by atoms with Gasteiger partial charge in [-0.15, -0.1) is 0 Å². The summed E-state index contributed by atoms with van der Waals surface area (Å²) in [7, 11) is 1.75. The molecular weight excluding hydrogens is 294 g/mol. The second-order valence-electron chi connectivity index (χ2n) is 6.24. The molecule has 0 aliphatic heterocycles. The number of rotatable bonds is 12. The summed E-state index contributed by atoms with van der Waals surface area (Å²) >= 11 is 0. The molecule has 0 fully saturated rings. The van der Waals surface area contributed by atoms with E-state index in [4.69, 9.17) is 0 Å². The number of carbonyl (C=O) groups excluding carboxylic acids is 2. The van der Waals surface area contributed by atoms with Crippen molar-refractivity contribution in [2.24, 2.45) is 11.8 Å². The van der Waals surface area contributed by atoms with Crippen LogP contribution in [0.4, 0.5) is 0 Å². The summed E-state index contributed by atoms with van der Waals surface area (Å²) in [6.45, 7) is 10.5. The van der Waals surface area contributed by atoms with Gasteiger partial charge >= 0.3 is 0 Å². The Kier molecular flexibility index (Phi) is 11.0. The van der Waals surface area contributed by atoms with Crippen molar-refractivity contribution in [3.63, 3.8) is 0 Å². The number of likely N-dealkylation sites (N-methyl/N-ethyl adjacent to an activating group) is 2. The van der Waals surface area contributed by atoms with E-state index in [1.807, 2.05) is 34.6 Å². The second kappa shape index (κ2) is 11.5. The number of nitrogens with zero attached hydrogens (tertiary/aromatic N) is 1. The monoisotopic (exact) mass is 329 g/mol. The molecule has 0 aliphatic rings. The van der Waals surface area contributed by atoms with Gasteiger partial charge in [-0.25, -0.2) is 5.01 Å². The Labute approximate surface area is 141 Å². The van der Waals surface area contributed by atoms with Crippen molar-refractivity contribution >= 4 is 11.7 Å². The molecule has 0 rings (SSSR count). The Bertz CT molecular complexity index is 363. The average Bonchev–Trinajstić information content (AvgIpc) is 2.56. The Morgan fingerprint density at radius 1 is 1.13 bits per heavy atom. The molecule has 0 spiro atoms. The number of aliphatic hydroxyl groups is 1. The molecule has 3 N–H and O–H groups in total. The highest BCUT2D eigenvalue weighted by Gasteiger charge is 2.25. The van der Waals surface area contributed by atoms with E-state index in [2.05, 4.69) is 10.7 Å². The maximum absolute atomic E-state index is 12.1. The molecule has 0 saturated heterocycles. The number of carbonyl (C=O) groups is 2. The lowest BCUT2D eigenvalue weighted by molar-refractivity contribution is -0.131. The van der Waals surface area contributed by atoms with Crippen LogP contribution >= 0.6 is 0 Å². The molecule has 0 aromatic carbocycles. The molecule has 4 unspecified atom stereocenters. The van der Waals surface area contributed by atoms with Gasteiger partial charge in [-0.05, 0) is 26.3 Å². The highest BCUT2D eigenvalue weighted by atomic mass is 16.3. The number of Topliss-reactive ketones (excluding diaryl/α,β-unsaturated/α-hetero) is 1. The molecular formula is C17H35N3O3. The van der Waals surface area contributed by atoms with Crippen LogP contribution in [0, 0.1) is 11.8 Å². The van der Waals surface area contributed by atoms with Crippen LogP contribution in [0.1, 0.15) is 53.9 Å². The summed E-state index contributed by atoms with van der Waals surface area (Å²) in [5.74, 6) is -0.0892. The van der Waals surface area contributed by atoms with Crippen molar-refractivity contribution in [1.82, 2.24) is 15.8 Å². The molecule has 0 bridgehead atoms. The number of hydrogen-bond acceptors (Lipinski definition) is 5. The third-order valence-corrected chi connectivity index (χ3v) is 4.57. The summed E-state index contributed by atoms with van der Waals surface area (Å²) in [5, 5.41) is 15.1. The van der Waals surface area contributed by atoms with Crippen LogP contribution in [-0.2, 0) is 9.59 Å². The fourth-order valence-corrected chi connectivity index (χ4v) is 2.23. The Morgan fingerprint density at radius 3 is 2.17 bits per heavy atom. The molecule has 0 aromatic rings. The number of hydrogen-bond donors (Lipinski definition) is 3. The summed E-state index contributed by atoms with van der Waals surface area (Å²) in [5.41, 5.74) is 2.85. The van der Waals surface area contributed by atoms with Gasteiger partial charge in [0.1, 0.15) is 5.78 Å². The summed E-state index contributed by atoms with van der Waals surface area (Å²) in [6.07, 6.45) is 1.20. The Hall–Kier alpha value is -0.980. The van der Waals surface area contributed by atoms with Gasteiger partial charge in [-0.3, -0.25) is 15.0 Å². The predicted molar refractivity (Wildman–Crippen MR) is 92.8 cm³/mol. The van der Waals surface area contributed by atoms with Crippen molar-refractivity contribution in [3.05, 3.63) is 0 Å². The highest BCUT2D eigenvalue weighted by Crippen LogP contribution is 2.16. The first-order chi connectivity index (χ1) is 10.8. The summed E-state index contributed by atoms with van der Waals surface area (Å²) < 4.78 is 0. The third-order valence-electron chi connectivity index (χ3n) is 4.57. The van der Waals surface area contributed by atoms with E-state index in [1.54, 1.807) is 12.1 Å². The van der Waals surface area contributed by atoms with Crippen LogP contribution < -0.4 is 10.7 Å². The first kappa shape index (κ1) is 22.0. The van der Waals surface area contributed by atoms with E-state index in [0.717, 1.165) is 12.8 Å². The minimum atomic E-state index is -0.648. The van der Waals surface area contributed by atoms with Gasteiger partial charge in [0.2, 0.25) is 5.91 Å². The van der Waals surface area contributed by atoms with Crippen molar-refractivity contribution in [1.29, 1.82) is 0 Å². The molecule has 1 amide bonds.